The normalized spacial score (nSPS) is 11.0. The van der Waals surface area contributed by atoms with Gasteiger partial charge in [-0.15, -0.1) is 0 Å². The lowest BCUT2D eigenvalue weighted by Crippen LogP contribution is -2.30. The van der Waals surface area contributed by atoms with Gasteiger partial charge in [-0.05, 0) is 24.3 Å². The van der Waals surface area contributed by atoms with E-state index >= 15 is 0 Å². The van der Waals surface area contributed by atoms with E-state index in [4.69, 9.17) is 4.74 Å². The third-order valence-electron chi connectivity index (χ3n) is 3.48. The Balaban J connectivity index is 1.99. The maximum absolute atomic E-state index is 11.2. The summed E-state index contributed by atoms with van der Waals surface area (Å²) >= 11 is 0. The lowest BCUT2D eigenvalue weighted by atomic mass is 10.2. The third kappa shape index (κ3) is 3.43. The minimum absolute atomic E-state index is 0.350. The molecule has 3 rings (SSSR count). The fraction of sp³-hybridized carbons (Fsp3) is 0.105. The smallest absolute Gasteiger partial charge is 0.308 e. The summed E-state index contributed by atoms with van der Waals surface area (Å²) in [5.74, 6) is 0.132. The van der Waals surface area contributed by atoms with E-state index < -0.39 is 0 Å². The zero-order valence-corrected chi connectivity index (χ0v) is 13.1. The van der Waals surface area contributed by atoms with Crippen LogP contribution in [0.15, 0.2) is 54.7 Å². The molecule has 4 nitrogen and oxygen atoms in total. The van der Waals surface area contributed by atoms with Gasteiger partial charge in [0.25, 0.3) is 0 Å². The van der Waals surface area contributed by atoms with Gasteiger partial charge in [0, 0.05) is 30.5 Å². The minimum Gasteiger partial charge on any atom is -0.424 e. The van der Waals surface area contributed by atoms with Gasteiger partial charge in [-0.25, -0.2) is 9.55 Å². The highest BCUT2D eigenvalue weighted by molar-refractivity contribution is 5.88. The van der Waals surface area contributed by atoms with E-state index in [-0.39, 0.29) is 5.97 Å². The van der Waals surface area contributed by atoms with Crippen LogP contribution in [0.25, 0.3) is 23.1 Å². The monoisotopic (exact) mass is 305 g/mol. The van der Waals surface area contributed by atoms with Crippen LogP contribution in [0, 0.1) is 0 Å². The number of hydrogen-bond acceptors (Lipinski definition) is 3. The van der Waals surface area contributed by atoms with E-state index in [1.54, 1.807) is 6.07 Å². The van der Waals surface area contributed by atoms with Crippen molar-refractivity contribution in [3.05, 3.63) is 66.1 Å². The lowest BCUT2D eigenvalue weighted by Gasteiger charge is -2.05. The van der Waals surface area contributed by atoms with Gasteiger partial charge in [0.2, 0.25) is 5.69 Å². The zero-order valence-electron chi connectivity index (χ0n) is 13.1. The Morgan fingerprint density at radius 1 is 1.09 bits per heavy atom. The Bertz CT molecular complexity index is 901. The van der Waals surface area contributed by atoms with E-state index in [0.717, 1.165) is 16.8 Å². The third-order valence-corrected chi connectivity index (χ3v) is 3.48. The summed E-state index contributed by atoms with van der Waals surface area (Å²) in [5, 5.41) is 0.936. The van der Waals surface area contributed by atoms with Crippen molar-refractivity contribution >= 4 is 29.0 Å². The van der Waals surface area contributed by atoms with Crippen LogP contribution in [-0.4, -0.2) is 11.0 Å². The summed E-state index contributed by atoms with van der Waals surface area (Å²) in [7, 11) is 1.99. The predicted octanol–water partition coefficient (Wildman–Crippen LogP) is 3.16. The van der Waals surface area contributed by atoms with Crippen molar-refractivity contribution in [1.29, 1.82) is 0 Å². The van der Waals surface area contributed by atoms with Crippen molar-refractivity contribution in [1.82, 2.24) is 4.98 Å². The molecule has 3 aromatic rings. The molecular weight excluding hydrogens is 288 g/mol. The molecule has 0 radical (unpaired) electrons. The molecule has 0 atom stereocenters. The molecule has 0 spiro atoms. The largest absolute Gasteiger partial charge is 0.424 e. The predicted molar refractivity (Wildman–Crippen MR) is 89.6 cm³/mol. The number of carbonyl (C=O) groups is 1. The van der Waals surface area contributed by atoms with Crippen LogP contribution in [0.2, 0.25) is 0 Å². The number of esters is 1. The molecule has 0 bridgehead atoms. The van der Waals surface area contributed by atoms with Crippen LogP contribution in [0.4, 0.5) is 0 Å². The molecule has 0 aliphatic heterocycles. The van der Waals surface area contributed by atoms with E-state index in [0.29, 0.717) is 11.3 Å². The quantitative estimate of drug-likeness (QED) is 0.424. The number of hydrogen-bond donors (Lipinski definition) is 0. The first-order valence-electron chi connectivity index (χ1n) is 7.34. The Hall–Kier alpha value is -3.01. The number of aryl methyl sites for hydroxylation is 1. The maximum Gasteiger partial charge on any atom is 0.308 e. The first-order chi connectivity index (χ1) is 11.1. The number of pyridine rings is 2. The molecule has 0 saturated heterocycles. The molecule has 0 N–H and O–H groups in total. The Kier molecular flexibility index (Phi) is 4.15. The summed E-state index contributed by atoms with van der Waals surface area (Å²) in [4.78, 5) is 15.8. The van der Waals surface area contributed by atoms with E-state index in [1.165, 1.54) is 6.92 Å². The number of fused-ring (bicyclic) bond motifs is 1. The minimum atomic E-state index is -0.350. The zero-order chi connectivity index (χ0) is 16.2. The summed E-state index contributed by atoms with van der Waals surface area (Å²) < 4.78 is 7.26. The molecule has 0 saturated carbocycles. The summed E-state index contributed by atoms with van der Waals surface area (Å²) in [6, 6.07) is 15.5. The molecule has 23 heavy (non-hydrogen) atoms. The van der Waals surface area contributed by atoms with Gasteiger partial charge in [-0.1, -0.05) is 18.2 Å². The highest BCUT2D eigenvalue weighted by Gasteiger charge is 2.06. The fourth-order valence-corrected chi connectivity index (χ4v) is 2.35. The fourth-order valence-electron chi connectivity index (χ4n) is 2.35. The molecule has 4 heteroatoms. The van der Waals surface area contributed by atoms with Crippen LogP contribution >= 0.6 is 0 Å². The van der Waals surface area contributed by atoms with Crippen molar-refractivity contribution in [2.75, 3.05) is 0 Å². The van der Waals surface area contributed by atoms with Gasteiger partial charge < -0.3 is 4.74 Å². The van der Waals surface area contributed by atoms with Crippen molar-refractivity contribution < 1.29 is 14.1 Å². The van der Waals surface area contributed by atoms with E-state index in [2.05, 4.69) is 4.98 Å². The van der Waals surface area contributed by atoms with Crippen LogP contribution in [-0.2, 0) is 11.8 Å². The standard InChI is InChI=1S/C19H17N2O2/c1-14(22)23-18-8-5-6-15-9-10-16(20-19(15)18)11-12-17-7-3-4-13-21(17)2/h3-13H,1-2H3/q+1/b12-11+. The second-order valence-electron chi connectivity index (χ2n) is 5.23. The lowest BCUT2D eigenvalue weighted by molar-refractivity contribution is -0.673. The van der Waals surface area contributed by atoms with Gasteiger partial charge in [0.1, 0.15) is 12.6 Å². The summed E-state index contributed by atoms with van der Waals surface area (Å²) in [5.41, 5.74) is 2.56. The van der Waals surface area contributed by atoms with Crippen molar-refractivity contribution in [3.8, 4) is 5.75 Å². The second-order valence-corrected chi connectivity index (χ2v) is 5.23. The Labute approximate surface area is 134 Å². The number of carbonyl (C=O) groups excluding carboxylic acids is 1. The van der Waals surface area contributed by atoms with Gasteiger partial charge in [-0.3, -0.25) is 4.79 Å². The van der Waals surface area contributed by atoms with Gasteiger partial charge >= 0.3 is 5.97 Å². The van der Waals surface area contributed by atoms with Gasteiger partial charge in [-0.2, -0.15) is 0 Å². The molecule has 2 aromatic heterocycles. The molecule has 114 valence electrons. The Morgan fingerprint density at radius 2 is 1.96 bits per heavy atom. The van der Waals surface area contributed by atoms with Gasteiger partial charge in [0.15, 0.2) is 11.9 Å². The van der Waals surface area contributed by atoms with Crippen LogP contribution in [0.1, 0.15) is 18.3 Å². The number of para-hydroxylation sites is 1. The first-order valence-corrected chi connectivity index (χ1v) is 7.34. The van der Waals surface area contributed by atoms with Crippen LogP contribution in [0.3, 0.4) is 0 Å². The molecule has 0 aliphatic carbocycles. The number of ether oxygens (including phenoxy) is 1. The topological polar surface area (TPSA) is 43.1 Å². The number of benzene rings is 1. The van der Waals surface area contributed by atoms with E-state index in [1.807, 2.05) is 72.4 Å². The molecular formula is C19H17N2O2+. The van der Waals surface area contributed by atoms with Crippen LogP contribution in [0.5, 0.6) is 5.75 Å². The molecule has 0 fully saturated rings. The number of aromatic nitrogens is 2. The summed E-state index contributed by atoms with van der Waals surface area (Å²) in [6.07, 6.45) is 5.94. The molecule has 0 amide bonds. The highest BCUT2D eigenvalue weighted by Crippen LogP contribution is 2.24. The number of nitrogens with zero attached hydrogens (tertiary/aromatic N) is 2. The van der Waals surface area contributed by atoms with Gasteiger partial charge in [0.05, 0.1) is 5.69 Å². The Morgan fingerprint density at radius 3 is 2.74 bits per heavy atom. The maximum atomic E-state index is 11.2. The van der Waals surface area contributed by atoms with Crippen molar-refractivity contribution in [2.45, 2.75) is 6.92 Å². The van der Waals surface area contributed by atoms with Crippen molar-refractivity contribution in [2.24, 2.45) is 7.05 Å². The first kappa shape index (κ1) is 14.9. The molecule has 2 heterocycles. The molecule has 0 aliphatic rings. The van der Waals surface area contributed by atoms with E-state index in [9.17, 15) is 4.79 Å². The average Bonchev–Trinajstić information content (AvgIpc) is 2.54. The summed E-state index contributed by atoms with van der Waals surface area (Å²) in [6.45, 7) is 1.39. The highest BCUT2D eigenvalue weighted by atomic mass is 16.5. The number of rotatable bonds is 3. The van der Waals surface area contributed by atoms with Crippen molar-refractivity contribution in [3.63, 3.8) is 0 Å². The average molecular weight is 305 g/mol. The molecule has 0 unspecified atom stereocenters. The SMILES string of the molecule is CC(=O)Oc1cccc2ccc(/C=C/c3cccc[n+]3C)nc12. The second kappa shape index (κ2) is 6.40. The molecule has 1 aromatic carbocycles. The van der Waals surface area contributed by atoms with Crippen LogP contribution < -0.4 is 9.30 Å².